The summed E-state index contributed by atoms with van der Waals surface area (Å²) < 4.78 is 0. The maximum Gasteiger partial charge on any atom is 1.00 e. The van der Waals surface area contributed by atoms with Crippen LogP contribution in [0.3, 0.4) is 0 Å². The van der Waals surface area contributed by atoms with E-state index in [4.69, 9.17) is 4.79 Å². The number of rotatable bonds is 1. The van der Waals surface area contributed by atoms with Crippen molar-refractivity contribution < 1.29 is 60.0 Å². The van der Waals surface area contributed by atoms with Crippen LogP contribution in [0, 0.1) is 0 Å². The molecule has 0 aromatic heterocycles. The Morgan fingerprint density at radius 1 is 1.57 bits per heavy atom. The molecular weight excluding hydrogens is 363 g/mol. The molecule has 0 amide bonds. The molecule has 0 unspecified atom stereocenters. The van der Waals surface area contributed by atoms with Gasteiger partial charge in [-0.3, -0.25) is 0 Å². The minimum absolute atomic E-state index is 0. The standard InChI is InChI=1S/C3H3O.2Cu.W/c1-2-3-4;;;/h2H,1H2;;;/q-1;;+1;. The SMILES string of the molecule is C=C[C-]=O.[Cu+].[Cu].[W]. The van der Waals surface area contributed by atoms with Gasteiger partial charge in [0, 0.05) is 38.1 Å². The van der Waals surface area contributed by atoms with Crippen LogP contribution < -0.4 is 0 Å². The summed E-state index contributed by atoms with van der Waals surface area (Å²) in [6, 6.07) is 0. The summed E-state index contributed by atoms with van der Waals surface area (Å²) in [5.41, 5.74) is 0. The fourth-order valence-corrected chi connectivity index (χ4v) is 0. The summed E-state index contributed by atoms with van der Waals surface area (Å²) in [7, 11) is 0. The second kappa shape index (κ2) is 27.3. The van der Waals surface area contributed by atoms with Gasteiger partial charge in [0.1, 0.15) is 0 Å². The van der Waals surface area contributed by atoms with Gasteiger partial charge in [0.15, 0.2) is 0 Å². The Balaban J connectivity index is -0.0000000150. The molecule has 4 heteroatoms. The zero-order chi connectivity index (χ0) is 3.41. The number of hydrogen-bond donors (Lipinski definition) is 0. The van der Waals surface area contributed by atoms with Crippen molar-refractivity contribution in [2.75, 3.05) is 0 Å². The summed E-state index contributed by atoms with van der Waals surface area (Å²) in [6.45, 7) is 3.06. The van der Waals surface area contributed by atoms with E-state index in [1.54, 1.807) is 0 Å². The van der Waals surface area contributed by atoms with Gasteiger partial charge >= 0.3 is 17.1 Å². The summed E-state index contributed by atoms with van der Waals surface area (Å²) >= 11 is 0. The first-order chi connectivity index (χ1) is 1.91. The first-order valence-corrected chi connectivity index (χ1v) is 0.901. The number of carbonyl (C=O) groups excluding carboxylic acids is 1. The van der Waals surface area contributed by atoms with Gasteiger partial charge in [-0.15, -0.1) is 0 Å². The molecular formula is C3H3Cu2OW. The Hall–Kier alpha value is 1.14. The molecule has 0 heterocycles. The monoisotopic (exact) mass is 365 g/mol. The molecule has 7 heavy (non-hydrogen) atoms. The Morgan fingerprint density at radius 3 is 1.71 bits per heavy atom. The van der Waals surface area contributed by atoms with Crippen LogP contribution in [-0.4, -0.2) is 6.29 Å². The summed E-state index contributed by atoms with van der Waals surface area (Å²) in [6.07, 6.45) is 2.51. The van der Waals surface area contributed by atoms with Gasteiger partial charge < -0.3 is 4.79 Å². The fraction of sp³-hybridized carbons (Fsp3) is 0. The van der Waals surface area contributed by atoms with E-state index in [0.717, 1.165) is 6.08 Å². The van der Waals surface area contributed by atoms with Crippen molar-refractivity contribution >= 4 is 6.29 Å². The molecule has 0 saturated carbocycles. The summed E-state index contributed by atoms with van der Waals surface area (Å²) in [5.74, 6) is 0. The molecule has 0 atom stereocenters. The Labute approximate surface area is 78.5 Å². The molecule has 0 aliphatic carbocycles. The molecule has 0 spiro atoms. The molecule has 49 valence electrons. The molecule has 0 aromatic carbocycles. The van der Waals surface area contributed by atoms with Crippen molar-refractivity contribution in [3.05, 3.63) is 12.7 Å². The largest absolute Gasteiger partial charge is 1.00 e. The zero-order valence-corrected chi connectivity index (χ0v) is 8.02. The van der Waals surface area contributed by atoms with Crippen molar-refractivity contribution in [3.63, 3.8) is 0 Å². The van der Waals surface area contributed by atoms with E-state index < -0.39 is 0 Å². The van der Waals surface area contributed by atoms with E-state index in [1.807, 2.05) is 0 Å². The number of hydrogen-bond acceptors (Lipinski definition) is 1. The molecule has 0 fully saturated rings. The normalized spacial score (nSPS) is 2.86. The van der Waals surface area contributed by atoms with Gasteiger partial charge in [-0.05, 0) is 6.29 Å². The molecule has 0 rings (SSSR count). The van der Waals surface area contributed by atoms with Gasteiger partial charge in [0.05, 0.1) is 0 Å². The maximum absolute atomic E-state index is 8.93. The minimum Gasteiger partial charge on any atom is -0.419 e. The van der Waals surface area contributed by atoms with Crippen LogP contribution in [0.15, 0.2) is 12.7 Å². The van der Waals surface area contributed by atoms with Crippen molar-refractivity contribution in [3.8, 4) is 0 Å². The Morgan fingerprint density at radius 2 is 1.71 bits per heavy atom. The summed E-state index contributed by atoms with van der Waals surface area (Å²) in [4.78, 5) is 8.93. The van der Waals surface area contributed by atoms with Crippen LogP contribution in [0.5, 0.6) is 0 Å². The Kier molecular flexibility index (Phi) is 94.5. The van der Waals surface area contributed by atoms with Gasteiger partial charge in [0.2, 0.25) is 0 Å². The molecule has 0 aromatic rings. The number of allylic oxidation sites excluding steroid dienone is 1. The smallest absolute Gasteiger partial charge is 0.419 e. The topological polar surface area (TPSA) is 17.1 Å². The third kappa shape index (κ3) is 41.2. The van der Waals surface area contributed by atoms with Crippen molar-refractivity contribution in [2.45, 2.75) is 0 Å². The van der Waals surface area contributed by atoms with E-state index in [1.165, 1.54) is 6.29 Å². The molecule has 0 N–H and O–H groups in total. The van der Waals surface area contributed by atoms with Gasteiger partial charge in [0.25, 0.3) is 0 Å². The molecule has 1 nitrogen and oxygen atoms in total. The predicted octanol–water partition coefficient (Wildman–Crippen LogP) is 0.275. The minimum atomic E-state index is 0. The first-order valence-electron chi connectivity index (χ1n) is 0.901. The van der Waals surface area contributed by atoms with Gasteiger partial charge in [-0.1, -0.05) is 0 Å². The average molecular weight is 366 g/mol. The maximum atomic E-state index is 8.93. The first kappa shape index (κ1) is 24.2. The fourth-order valence-electron chi connectivity index (χ4n) is 0. The third-order valence-electron chi connectivity index (χ3n) is 0.0833. The van der Waals surface area contributed by atoms with Crippen LogP contribution in [0.25, 0.3) is 0 Å². The molecule has 0 aliphatic rings. The van der Waals surface area contributed by atoms with Crippen LogP contribution in [0.2, 0.25) is 0 Å². The summed E-state index contributed by atoms with van der Waals surface area (Å²) in [5, 5.41) is 0. The van der Waals surface area contributed by atoms with E-state index in [0.29, 0.717) is 0 Å². The van der Waals surface area contributed by atoms with Crippen LogP contribution in [0.4, 0.5) is 0 Å². The third-order valence-corrected chi connectivity index (χ3v) is 0.0833. The van der Waals surface area contributed by atoms with Crippen LogP contribution in [0.1, 0.15) is 0 Å². The van der Waals surface area contributed by atoms with E-state index in [2.05, 4.69) is 6.58 Å². The molecule has 1 radical (unpaired) electrons. The second-order valence-corrected chi connectivity index (χ2v) is 0.322. The quantitative estimate of drug-likeness (QED) is 0.370. The van der Waals surface area contributed by atoms with Gasteiger partial charge in [-0.25, -0.2) is 12.7 Å². The molecule has 0 bridgehead atoms. The van der Waals surface area contributed by atoms with Crippen molar-refractivity contribution in [1.82, 2.24) is 0 Å². The van der Waals surface area contributed by atoms with Crippen LogP contribution >= 0.6 is 0 Å². The van der Waals surface area contributed by atoms with Crippen LogP contribution in [-0.2, 0) is 60.0 Å². The molecule has 0 saturated heterocycles. The molecule has 0 aliphatic heterocycles. The van der Waals surface area contributed by atoms with Crippen molar-refractivity contribution in [1.29, 1.82) is 0 Å². The van der Waals surface area contributed by atoms with E-state index >= 15 is 0 Å². The second-order valence-electron chi connectivity index (χ2n) is 0.322. The van der Waals surface area contributed by atoms with E-state index in [-0.39, 0.29) is 55.2 Å². The van der Waals surface area contributed by atoms with Crippen molar-refractivity contribution in [2.24, 2.45) is 0 Å². The van der Waals surface area contributed by atoms with Gasteiger partial charge in [-0.2, -0.15) is 0 Å². The predicted molar refractivity (Wildman–Crippen MR) is 15.9 cm³/mol. The average Bonchev–Trinajstić information content (AvgIpc) is 1.37. The van der Waals surface area contributed by atoms with E-state index in [9.17, 15) is 0 Å². The Bertz CT molecular complexity index is 33.9. The zero-order valence-electron chi connectivity index (χ0n) is 3.20.